The van der Waals surface area contributed by atoms with Crippen molar-refractivity contribution in [1.29, 1.82) is 0 Å². The van der Waals surface area contributed by atoms with Crippen LogP contribution in [-0.4, -0.2) is 32.4 Å². The predicted octanol–water partition coefficient (Wildman–Crippen LogP) is 3.13. The molecule has 3 heterocycles. The highest BCUT2D eigenvalue weighted by Gasteiger charge is 2.13. The lowest BCUT2D eigenvalue weighted by Crippen LogP contribution is -2.17. The molecule has 0 saturated carbocycles. The zero-order chi connectivity index (χ0) is 17.9. The molecule has 0 radical (unpaired) electrons. The number of rotatable bonds is 5. The van der Waals surface area contributed by atoms with Gasteiger partial charge in [-0.2, -0.15) is 4.98 Å². The van der Waals surface area contributed by atoms with Gasteiger partial charge in [-0.25, -0.2) is 4.98 Å². The number of aryl methyl sites for hydroxylation is 1. The summed E-state index contributed by atoms with van der Waals surface area (Å²) >= 11 is 0. The summed E-state index contributed by atoms with van der Waals surface area (Å²) in [7, 11) is 1.91. The second kappa shape index (κ2) is 6.75. The maximum Gasteiger partial charge on any atom is 0.259 e. The molecule has 0 amide bonds. The molecule has 3 aromatic heterocycles. The Kier molecular flexibility index (Phi) is 4.14. The van der Waals surface area contributed by atoms with E-state index >= 15 is 0 Å². The van der Waals surface area contributed by atoms with E-state index in [-0.39, 0.29) is 0 Å². The molecule has 0 aliphatic rings. The fourth-order valence-corrected chi connectivity index (χ4v) is 2.45. The molecule has 4 aromatic rings. The van der Waals surface area contributed by atoms with E-state index in [1.54, 1.807) is 13.1 Å². The third-order valence-electron chi connectivity index (χ3n) is 3.77. The van der Waals surface area contributed by atoms with Gasteiger partial charge in [-0.1, -0.05) is 23.4 Å². The average Bonchev–Trinajstić information content (AvgIpc) is 3.32. The molecule has 0 N–H and O–H groups in total. The first-order chi connectivity index (χ1) is 12.7. The molecule has 130 valence electrons. The first kappa shape index (κ1) is 15.9. The van der Waals surface area contributed by atoms with Crippen LogP contribution in [0.5, 0.6) is 0 Å². The summed E-state index contributed by atoms with van der Waals surface area (Å²) in [5.41, 5.74) is 1.66. The smallest absolute Gasteiger partial charge is 0.259 e. The molecule has 0 fully saturated rings. The number of nitrogens with zero attached hydrogens (tertiary/aromatic N) is 6. The largest absolute Gasteiger partial charge is 0.419 e. The Morgan fingerprint density at radius 1 is 0.962 bits per heavy atom. The van der Waals surface area contributed by atoms with Crippen molar-refractivity contribution in [1.82, 2.24) is 25.3 Å². The minimum absolute atomic E-state index is 0.450. The lowest BCUT2D eigenvalue weighted by atomic mass is 10.2. The van der Waals surface area contributed by atoms with Crippen LogP contribution in [0.2, 0.25) is 0 Å². The highest BCUT2D eigenvalue weighted by Crippen LogP contribution is 2.21. The number of pyridine rings is 1. The normalized spacial score (nSPS) is 10.8. The van der Waals surface area contributed by atoms with Crippen LogP contribution in [0.25, 0.3) is 22.9 Å². The van der Waals surface area contributed by atoms with Crippen molar-refractivity contribution in [3.63, 3.8) is 0 Å². The monoisotopic (exact) mass is 348 g/mol. The molecule has 8 nitrogen and oxygen atoms in total. The van der Waals surface area contributed by atoms with E-state index in [2.05, 4.69) is 25.3 Å². The van der Waals surface area contributed by atoms with Crippen molar-refractivity contribution in [3.8, 4) is 22.9 Å². The van der Waals surface area contributed by atoms with E-state index in [1.165, 1.54) is 0 Å². The Bertz CT molecular complexity index is 994. The Balaban J connectivity index is 1.46. The summed E-state index contributed by atoms with van der Waals surface area (Å²) < 4.78 is 10.9. The Morgan fingerprint density at radius 2 is 1.81 bits per heavy atom. The van der Waals surface area contributed by atoms with Crippen LogP contribution in [0.3, 0.4) is 0 Å². The topological polar surface area (TPSA) is 94.0 Å². The standard InChI is InChI=1S/C18H16N6O2/c1-12-20-17(26-23-12)14-8-9-15(19-10-14)24(2)11-16-21-22-18(25-16)13-6-4-3-5-7-13/h3-10H,11H2,1-2H3. The molecule has 26 heavy (non-hydrogen) atoms. The van der Waals surface area contributed by atoms with Gasteiger partial charge in [-0.05, 0) is 31.2 Å². The average molecular weight is 348 g/mol. The summed E-state index contributed by atoms with van der Waals surface area (Å²) in [5, 5.41) is 12.0. The molecule has 0 spiro atoms. The number of aromatic nitrogens is 5. The second-order valence-corrected chi connectivity index (χ2v) is 5.77. The maximum absolute atomic E-state index is 5.73. The summed E-state index contributed by atoms with van der Waals surface area (Å²) in [5.74, 6) is 2.83. The Morgan fingerprint density at radius 3 is 2.50 bits per heavy atom. The molecular weight excluding hydrogens is 332 g/mol. The van der Waals surface area contributed by atoms with E-state index in [4.69, 9.17) is 8.94 Å². The number of anilines is 1. The summed E-state index contributed by atoms with van der Waals surface area (Å²) in [6.07, 6.45) is 1.70. The fourth-order valence-electron chi connectivity index (χ4n) is 2.45. The van der Waals surface area contributed by atoms with E-state index in [0.29, 0.717) is 30.0 Å². The third kappa shape index (κ3) is 3.30. The molecule has 0 unspecified atom stereocenters. The minimum atomic E-state index is 0.450. The van der Waals surface area contributed by atoms with Crippen LogP contribution in [0.15, 0.2) is 57.6 Å². The SMILES string of the molecule is Cc1noc(-c2ccc(N(C)Cc3nnc(-c4ccccc4)o3)nc2)n1. The lowest BCUT2D eigenvalue weighted by molar-refractivity contribution is 0.425. The van der Waals surface area contributed by atoms with Crippen LogP contribution < -0.4 is 4.90 Å². The Hall–Kier alpha value is -3.55. The van der Waals surface area contributed by atoms with Crippen LogP contribution in [-0.2, 0) is 6.54 Å². The van der Waals surface area contributed by atoms with Crippen molar-refractivity contribution >= 4 is 5.82 Å². The van der Waals surface area contributed by atoms with Gasteiger partial charge in [0.1, 0.15) is 5.82 Å². The van der Waals surface area contributed by atoms with E-state index in [9.17, 15) is 0 Å². The molecule has 8 heteroatoms. The van der Waals surface area contributed by atoms with Gasteiger partial charge in [-0.3, -0.25) is 0 Å². The zero-order valence-electron chi connectivity index (χ0n) is 14.3. The molecule has 4 rings (SSSR count). The van der Waals surface area contributed by atoms with Gasteiger partial charge < -0.3 is 13.8 Å². The lowest BCUT2D eigenvalue weighted by Gasteiger charge is -2.15. The van der Waals surface area contributed by atoms with Gasteiger partial charge >= 0.3 is 0 Å². The highest BCUT2D eigenvalue weighted by molar-refractivity contribution is 5.54. The van der Waals surface area contributed by atoms with Gasteiger partial charge in [0.2, 0.25) is 11.8 Å². The van der Waals surface area contributed by atoms with Crippen LogP contribution in [0.4, 0.5) is 5.82 Å². The van der Waals surface area contributed by atoms with Gasteiger partial charge in [0.15, 0.2) is 5.82 Å². The van der Waals surface area contributed by atoms with Gasteiger partial charge in [0.25, 0.3) is 5.89 Å². The number of hydrogen-bond donors (Lipinski definition) is 0. The molecule has 0 aliphatic heterocycles. The third-order valence-corrected chi connectivity index (χ3v) is 3.77. The zero-order valence-corrected chi connectivity index (χ0v) is 14.3. The first-order valence-electron chi connectivity index (χ1n) is 8.05. The molecular formula is C18H16N6O2. The Labute approximate surface area is 149 Å². The molecule has 0 atom stereocenters. The van der Waals surface area contributed by atoms with Crippen molar-refractivity contribution in [2.75, 3.05) is 11.9 Å². The van der Waals surface area contributed by atoms with Crippen LogP contribution >= 0.6 is 0 Å². The summed E-state index contributed by atoms with van der Waals surface area (Å²) in [6, 6.07) is 13.4. The second-order valence-electron chi connectivity index (χ2n) is 5.77. The molecule has 0 bridgehead atoms. The van der Waals surface area contributed by atoms with Crippen LogP contribution in [0.1, 0.15) is 11.7 Å². The first-order valence-corrected chi connectivity index (χ1v) is 8.05. The molecule has 1 aromatic carbocycles. The van der Waals surface area contributed by atoms with Crippen molar-refractivity contribution in [2.45, 2.75) is 13.5 Å². The van der Waals surface area contributed by atoms with Crippen molar-refractivity contribution in [2.24, 2.45) is 0 Å². The van der Waals surface area contributed by atoms with Gasteiger partial charge in [0.05, 0.1) is 12.1 Å². The fraction of sp³-hybridized carbons (Fsp3) is 0.167. The van der Waals surface area contributed by atoms with Gasteiger partial charge in [-0.15, -0.1) is 10.2 Å². The molecule has 0 saturated heterocycles. The van der Waals surface area contributed by atoms with E-state index in [0.717, 1.165) is 16.9 Å². The highest BCUT2D eigenvalue weighted by atomic mass is 16.5. The molecule has 0 aliphatic carbocycles. The van der Waals surface area contributed by atoms with Crippen molar-refractivity contribution in [3.05, 3.63) is 60.4 Å². The van der Waals surface area contributed by atoms with Crippen LogP contribution in [0, 0.1) is 6.92 Å². The quantitative estimate of drug-likeness (QED) is 0.543. The predicted molar refractivity (Wildman–Crippen MR) is 94.1 cm³/mol. The number of benzene rings is 1. The maximum atomic E-state index is 5.73. The summed E-state index contributed by atoms with van der Waals surface area (Å²) in [4.78, 5) is 10.5. The van der Waals surface area contributed by atoms with Gasteiger partial charge in [0, 0.05) is 18.8 Å². The number of hydrogen-bond acceptors (Lipinski definition) is 8. The summed E-state index contributed by atoms with van der Waals surface area (Å²) in [6.45, 7) is 2.22. The van der Waals surface area contributed by atoms with E-state index in [1.807, 2.05) is 54.4 Å². The minimum Gasteiger partial charge on any atom is -0.419 e. The van der Waals surface area contributed by atoms with E-state index < -0.39 is 0 Å². The van der Waals surface area contributed by atoms with Crippen molar-refractivity contribution < 1.29 is 8.94 Å².